The molecule has 1 aromatic rings. The van der Waals surface area contributed by atoms with E-state index >= 15 is 0 Å². The number of aryl methyl sites for hydroxylation is 1. The van der Waals surface area contributed by atoms with Gasteiger partial charge in [0.15, 0.2) is 0 Å². The van der Waals surface area contributed by atoms with E-state index in [4.69, 9.17) is 5.11 Å². The molecule has 82 valence electrons. The van der Waals surface area contributed by atoms with Crippen molar-refractivity contribution in [2.45, 2.75) is 20.3 Å². The molecule has 15 heavy (non-hydrogen) atoms. The number of rotatable bonds is 2. The SMILES string of the molecule is Cc1nnc(N2CCC(C)(C(=O)O)C2)s1. The Morgan fingerprint density at radius 1 is 1.60 bits per heavy atom. The lowest BCUT2D eigenvalue weighted by Crippen LogP contribution is -2.31. The van der Waals surface area contributed by atoms with Crippen LogP contribution in [0.3, 0.4) is 0 Å². The van der Waals surface area contributed by atoms with Gasteiger partial charge in [0.05, 0.1) is 5.41 Å². The number of hydrogen-bond acceptors (Lipinski definition) is 5. The molecule has 1 atom stereocenters. The molecule has 0 radical (unpaired) electrons. The largest absolute Gasteiger partial charge is 0.481 e. The third kappa shape index (κ3) is 1.81. The highest BCUT2D eigenvalue weighted by atomic mass is 32.1. The van der Waals surface area contributed by atoms with E-state index in [1.165, 1.54) is 11.3 Å². The summed E-state index contributed by atoms with van der Waals surface area (Å²) in [6, 6.07) is 0. The van der Waals surface area contributed by atoms with Crippen LogP contribution in [0.15, 0.2) is 0 Å². The minimum absolute atomic E-state index is 0.525. The fraction of sp³-hybridized carbons (Fsp3) is 0.667. The minimum Gasteiger partial charge on any atom is -0.481 e. The van der Waals surface area contributed by atoms with Crippen molar-refractivity contribution in [1.82, 2.24) is 10.2 Å². The number of carboxylic acid groups (broad SMARTS) is 1. The van der Waals surface area contributed by atoms with Gasteiger partial charge in [0.25, 0.3) is 0 Å². The van der Waals surface area contributed by atoms with Gasteiger partial charge in [-0.3, -0.25) is 4.79 Å². The van der Waals surface area contributed by atoms with Crippen molar-refractivity contribution in [2.75, 3.05) is 18.0 Å². The number of carboxylic acids is 1. The molecule has 0 amide bonds. The normalized spacial score (nSPS) is 25.9. The van der Waals surface area contributed by atoms with Gasteiger partial charge in [0.2, 0.25) is 5.13 Å². The van der Waals surface area contributed by atoms with Gasteiger partial charge in [-0.1, -0.05) is 11.3 Å². The van der Waals surface area contributed by atoms with Crippen LogP contribution >= 0.6 is 11.3 Å². The first kappa shape index (κ1) is 10.4. The number of anilines is 1. The second kappa shape index (κ2) is 3.44. The Morgan fingerprint density at radius 3 is 2.80 bits per heavy atom. The standard InChI is InChI=1S/C9H13N3O2S/c1-6-10-11-8(15-6)12-4-3-9(2,5-12)7(13)14/h3-5H2,1-2H3,(H,13,14). The lowest BCUT2D eigenvalue weighted by molar-refractivity contribution is -0.146. The van der Waals surface area contributed by atoms with Crippen LogP contribution in [0.25, 0.3) is 0 Å². The molecule has 0 spiro atoms. The monoisotopic (exact) mass is 227 g/mol. The lowest BCUT2D eigenvalue weighted by atomic mass is 9.90. The van der Waals surface area contributed by atoms with Crippen molar-refractivity contribution in [1.29, 1.82) is 0 Å². The van der Waals surface area contributed by atoms with Gasteiger partial charge in [0, 0.05) is 13.1 Å². The van der Waals surface area contributed by atoms with E-state index in [1.807, 2.05) is 11.8 Å². The third-order valence-corrected chi connectivity index (χ3v) is 3.68. The van der Waals surface area contributed by atoms with Crippen LogP contribution in [-0.2, 0) is 4.79 Å². The van der Waals surface area contributed by atoms with Crippen LogP contribution in [0.2, 0.25) is 0 Å². The first-order chi connectivity index (χ1) is 7.01. The van der Waals surface area contributed by atoms with Crippen molar-refractivity contribution >= 4 is 22.4 Å². The van der Waals surface area contributed by atoms with Gasteiger partial charge in [-0.25, -0.2) is 0 Å². The second-order valence-electron chi connectivity index (χ2n) is 4.14. The summed E-state index contributed by atoms with van der Waals surface area (Å²) >= 11 is 1.51. The molecule has 1 fully saturated rings. The highest BCUT2D eigenvalue weighted by molar-refractivity contribution is 7.15. The van der Waals surface area contributed by atoms with E-state index in [0.29, 0.717) is 13.0 Å². The van der Waals surface area contributed by atoms with E-state index in [2.05, 4.69) is 10.2 Å². The topological polar surface area (TPSA) is 66.3 Å². The molecule has 0 bridgehead atoms. The number of aliphatic carboxylic acids is 1. The molecule has 0 aliphatic carbocycles. The van der Waals surface area contributed by atoms with Crippen molar-refractivity contribution in [3.63, 3.8) is 0 Å². The molecule has 1 N–H and O–H groups in total. The van der Waals surface area contributed by atoms with Crippen LogP contribution < -0.4 is 4.90 Å². The molecule has 0 aromatic carbocycles. The Bertz CT molecular complexity index is 392. The maximum absolute atomic E-state index is 11.0. The Hall–Kier alpha value is -1.17. The lowest BCUT2D eigenvalue weighted by Gasteiger charge is -2.18. The quantitative estimate of drug-likeness (QED) is 0.821. The van der Waals surface area contributed by atoms with Crippen LogP contribution in [0.1, 0.15) is 18.4 Å². The Labute approximate surface area is 91.7 Å². The highest BCUT2D eigenvalue weighted by Gasteiger charge is 2.41. The molecule has 6 heteroatoms. The van der Waals surface area contributed by atoms with Gasteiger partial charge in [0.1, 0.15) is 5.01 Å². The molecule has 1 aliphatic rings. The average Bonchev–Trinajstić information content (AvgIpc) is 2.73. The summed E-state index contributed by atoms with van der Waals surface area (Å²) in [5.74, 6) is -0.730. The van der Waals surface area contributed by atoms with E-state index in [-0.39, 0.29) is 0 Å². The van der Waals surface area contributed by atoms with Crippen LogP contribution in [0.5, 0.6) is 0 Å². The fourth-order valence-corrected chi connectivity index (χ4v) is 2.43. The molecule has 2 rings (SSSR count). The smallest absolute Gasteiger partial charge is 0.311 e. The summed E-state index contributed by atoms with van der Waals surface area (Å²) in [7, 11) is 0. The van der Waals surface area contributed by atoms with E-state index in [9.17, 15) is 4.79 Å². The van der Waals surface area contributed by atoms with Gasteiger partial charge in [-0.15, -0.1) is 10.2 Å². The zero-order chi connectivity index (χ0) is 11.1. The maximum atomic E-state index is 11.0. The Balaban J connectivity index is 2.14. The molecular weight excluding hydrogens is 214 g/mol. The minimum atomic E-state index is -0.730. The molecular formula is C9H13N3O2S. The third-order valence-electron chi connectivity index (χ3n) is 2.78. The number of hydrogen-bond donors (Lipinski definition) is 1. The fourth-order valence-electron chi connectivity index (χ4n) is 1.71. The Kier molecular flexibility index (Phi) is 2.38. The number of nitrogens with zero attached hydrogens (tertiary/aromatic N) is 3. The highest BCUT2D eigenvalue weighted by Crippen LogP contribution is 2.34. The van der Waals surface area contributed by atoms with Gasteiger partial charge in [-0.2, -0.15) is 0 Å². The van der Waals surface area contributed by atoms with Crippen LogP contribution in [0.4, 0.5) is 5.13 Å². The summed E-state index contributed by atoms with van der Waals surface area (Å²) in [4.78, 5) is 13.0. The van der Waals surface area contributed by atoms with E-state index < -0.39 is 11.4 Å². The molecule has 1 aliphatic heterocycles. The van der Waals surface area contributed by atoms with Crippen molar-refractivity contribution in [3.8, 4) is 0 Å². The average molecular weight is 227 g/mol. The predicted molar refractivity (Wildman–Crippen MR) is 57.2 cm³/mol. The summed E-state index contributed by atoms with van der Waals surface area (Å²) in [5.41, 5.74) is -0.639. The van der Waals surface area contributed by atoms with E-state index in [0.717, 1.165) is 16.7 Å². The first-order valence-corrected chi connectivity index (χ1v) is 5.61. The molecule has 1 saturated heterocycles. The number of carbonyl (C=O) groups is 1. The van der Waals surface area contributed by atoms with Crippen molar-refractivity contribution in [3.05, 3.63) is 5.01 Å². The molecule has 5 nitrogen and oxygen atoms in total. The van der Waals surface area contributed by atoms with Gasteiger partial charge in [-0.05, 0) is 20.3 Å². The summed E-state index contributed by atoms with van der Waals surface area (Å²) in [6.07, 6.45) is 0.668. The van der Waals surface area contributed by atoms with Crippen molar-refractivity contribution in [2.24, 2.45) is 5.41 Å². The van der Waals surface area contributed by atoms with Crippen molar-refractivity contribution < 1.29 is 9.90 Å². The van der Waals surface area contributed by atoms with E-state index in [1.54, 1.807) is 6.92 Å². The predicted octanol–water partition coefficient (Wildman–Crippen LogP) is 1.15. The zero-order valence-corrected chi connectivity index (χ0v) is 9.54. The van der Waals surface area contributed by atoms with Crippen LogP contribution in [-0.4, -0.2) is 34.4 Å². The Morgan fingerprint density at radius 2 is 2.33 bits per heavy atom. The van der Waals surface area contributed by atoms with Crippen LogP contribution in [0, 0.1) is 12.3 Å². The summed E-state index contributed by atoms with van der Waals surface area (Å²) in [6.45, 7) is 4.95. The second-order valence-corrected chi connectivity index (χ2v) is 5.30. The molecule has 2 heterocycles. The van der Waals surface area contributed by atoms with Gasteiger partial charge < -0.3 is 10.0 Å². The molecule has 0 saturated carbocycles. The molecule has 1 unspecified atom stereocenters. The van der Waals surface area contributed by atoms with Gasteiger partial charge >= 0.3 is 5.97 Å². The zero-order valence-electron chi connectivity index (χ0n) is 8.73. The first-order valence-electron chi connectivity index (χ1n) is 4.80. The summed E-state index contributed by atoms with van der Waals surface area (Å²) < 4.78 is 0. The maximum Gasteiger partial charge on any atom is 0.311 e. The summed E-state index contributed by atoms with van der Waals surface area (Å²) in [5, 5.41) is 18.8. The number of aromatic nitrogens is 2. The molecule has 1 aromatic heterocycles.